The van der Waals surface area contributed by atoms with Gasteiger partial charge in [0, 0.05) is 0 Å². The van der Waals surface area contributed by atoms with Crippen molar-refractivity contribution >= 4 is 0 Å². The summed E-state index contributed by atoms with van der Waals surface area (Å²) < 4.78 is 10.1. The Morgan fingerprint density at radius 3 is 2.64 bits per heavy atom. The summed E-state index contributed by atoms with van der Waals surface area (Å²) in [6.45, 7) is 3.73. The number of nitrogens with zero attached hydrogens (tertiary/aromatic N) is 1. The molecule has 1 fully saturated rings. The van der Waals surface area contributed by atoms with Gasteiger partial charge in [-0.25, -0.2) is 0 Å². The van der Waals surface area contributed by atoms with Crippen LogP contribution < -0.4 is 0 Å². The lowest BCUT2D eigenvalue weighted by atomic mass is 10.3. The van der Waals surface area contributed by atoms with Gasteiger partial charge in [0.2, 0.25) is 0 Å². The standard InChI is InChI=1S/C6H11NO4/c1-6(2)10-4-3-5(11-6)7(8)9/h5H,3-4H2,1-2H3. The molecule has 0 bridgehead atoms. The SMILES string of the molecule is CC1(C)OCCC([N+](=O)[O-])O1. The topological polar surface area (TPSA) is 61.6 Å². The van der Waals surface area contributed by atoms with E-state index in [-0.39, 0.29) is 0 Å². The predicted molar refractivity (Wildman–Crippen MR) is 36.5 cm³/mol. The van der Waals surface area contributed by atoms with Gasteiger partial charge in [0.25, 0.3) is 0 Å². The van der Waals surface area contributed by atoms with Crippen LogP contribution in [0.2, 0.25) is 0 Å². The van der Waals surface area contributed by atoms with Crippen LogP contribution in [0.15, 0.2) is 0 Å². The quantitative estimate of drug-likeness (QED) is 0.420. The van der Waals surface area contributed by atoms with Gasteiger partial charge in [0.1, 0.15) is 0 Å². The fourth-order valence-corrected chi connectivity index (χ4v) is 0.975. The largest absolute Gasteiger partial charge is 0.350 e. The maximum absolute atomic E-state index is 10.3. The smallest absolute Gasteiger partial charge is 0.319 e. The second kappa shape index (κ2) is 2.75. The van der Waals surface area contributed by atoms with Crippen LogP contribution in [0.1, 0.15) is 20.3 Å². The van der Waals surface area contributed by atoms with E-state index in [4.69, 9.17) is 9.47 Å². The van der Waals surface area contributed by atoms with Gasteiger partial charge in [-0.3, -0.25) is 14.9 Å². The molecule has 1 saturated heterocycles. The van der Waals surface area contributed by atoms with Crippen molar-refractivity contribution in [1.29, 1.82) is 0 Å². The molecule has 0 radical (unpaired) electrons. The summed E-state index contributed by atoms with van der Waals surface area (Å²) in [5.74, 6) is -0.810. The summed E-state index contributed by atoms with van der Waals surface area (Å²) in [5.41, 5.74) is 0. The van der Waals surface area contributed by atoms with Crippen molar-refractivity contribution in [2.75, 3.05) is 6.61 Å². The minimum absolute atomic E-state index is 0.330. The lowest BCUT2D eigenvalue weighted by Crippen LogP contribution is -2.43. The Morgan fingerprint density at radius 1 is 1.64 bits per heavy atom. The third-order valence-corrected chi connectivity index (χ3v) is 1.47. The highest BCUT2D eigenvalue weighted by molar-refractivity contribution is 4.61. The molecule has 1 aliphatic rings. The fraction of sp³-hybridized carbons (Fsp3) is 1.00. The van der Waals surface area contributed by atoms with Gasteiger partial charge in [-0.15, -0.1) is 0 Å². The first-order valence-corrected chi connectivity index (χ1v) is 3.46. The average Bonchev–Trinajstić information content (AvgIpc) is 1.85. The molecule has 1 aliphatic heterocycles. The highest BCUT2D eigenvalue weighted by Gasteiger charge is 2.35. The molecule has 5 nitrogen and oxygen atoms in total. The molecule has 1 rings (SSSR count). The van der Waals surface area contributed by atoms with E-state index in [0.29, 0.717) is 13.0 Å². The second-order valence-electron chi connectivity index (χ2n) is 2.89. The molecule has 0 aliphatic carbocycles. The van der Waals surface area contributed by atoms with Gasteiger partial charge in [0.15, 0.2) is 5.79 Å². The molecule has 1 atom stereocenters. The maximum Gasteiger partial charge on any atom is 0.319 e. The van der Waals surface area contributed by atoms with Crippen molar-refractivity contribution in [3.05, 3.63) is 10.1 Å². The van der Waals surface area contributed by atoms with Gasteiger partial charge in [-0.05, 0) is 13.8 Å². The molecule has 1 unspecified atom stereocenters. The van der Waals surface area contributed by atoms with Crippen LogP contribution in [0.5, 0.6) is 0 Å². The van der Waals surface area contributed by atoms with Crippen molar-refractivity contribution in [3.63, 3.8) is 0 Å². The first kappa shape index (κ1) is 8.42. The van der Waals surface area contributed by atoms with E-state index in [1.807, 2.05) is 0 Å². The Kier molecular flexibility index (Phi) is 2.10. The van der Waals surface area contributed by atoms with Gasteiger partial charge in [0.05, 0.1) is 18.0 Å². The average molecular weight is 161 g/mol. The molecule has 64 valence electrons. The van der Waals surface area contributed by atoms with Gasteiger partial charge in [-0.1, -0.05) is 0 Å². The first-order valence-electron chi connectivity index (χ1n) is 3.46. The van der Waals surface area contributed by atoms with E-state index in [2.05, 4.69) is 0 Å². The van der Waals surface area contributed by atoms with Gasteiger partial charge in [-0.2, -0.15) is 0 Å². The molecule has 11 heavy (non-hydrogen) atoms. The number of hydrogen-bond donors (Lipinski definition) is 0. The van der Waals surface area contributed by atoms with Crippen molar-refractivity contribution in [3.8, 4) is 0 Å². The molecule has 0 aromatic carbocycles. The Hall–Kier alpha value is -0.680. The lowest BCUT2D eigenvalue weighted by Gasteiger charge is -2.31. The zero-order chi connectivity index (χ0) is 8.48. The molecule has 0 amide bonds. The molecular weight excluding hydrogens is 150 g/mol. The molecular formula is C6H11NO4. The second-order valence-corrected chi connectivity index (χ2v) is 2.89. The van der Waals surface area contributed by atoms with E-state index in [1.165, 1.54) is 0 Å². The summed E-state index contributed by atoms with van der Waals surface area (Å²) in [5, 5.41) is 10.3. The van der Waals surface area contributed by atoms with E-state index in [1.54, 1.807) is 13.8 Å². The highest BCUT2D eigenvalue weighted by atomic mass is 16.8. The molecule has 0 N–H and O–H groups in total. The Bertz CT molecular complexity index is 168. The number of rotatable bonds is 1. The van der Waals surface area contributed by atoms with Crippen LogP contribution in [0.4, 0.5) is 0 Å². The molecule has 0 aromatic heterocycles. The highest BCUT2D eigenvalue weighted by Crippen LogP contribution is 2.21. The van der Waals surface area contributed by atoms with Gasteiger partial charge >= 0.3 is 6.23 Å². The van der Waals surface area contributed by atoms with Crippen LogP contribution in [0.3, 0.4) is 0 Å². The first-order chi connectivity index (χ1) is 5.01. The summed E-state index contributed by atoms with van der Waals surface area (Å²) in [6.07, 6.45) is -0.574. The molecule has 1 heterocycles. The molecule has 0 spiro atoms. The third-order valence-electron chi connectivity index (χ3n) is 1.47. The van der Waals surface area contributed by atoms with E-state index >= 15 is 0 Å². The van der Waals surface area contributed by atoms with Crippen LogP contribution in [-0.4, -0.2) is 23.5 Å². The zero-order valence-electron chi connectivity index (χ0n) is 6.57. The summed E-state index contributed by atoms with van der Waals surface area (Å²) in [6, 6.07) is 0. The van der Waals surface area contributed by atoms with Crippen LogP contribution in [0, 0.1) is 10.1 Å². The predicted octanol–water partition coefficient (Wildman–Crippen LogP) is 0.762. The third kappa shape index (κ3) is 2.13. The minimum Gasteiger partial charge on any atom is -0.350 e. The monoisotopic (exact) mass is 161 g/mol. The lowest BCUT2D eigenvalue weighted by molar-refractivity contribution is -0.604. The molecule has 0 aromatic rings. The number of ether oxygens (including phenoxy) is 2. The van der Waals surface area contributed by atoms with E-state index in [0.717, 1.165) is 0 Å². The summed E-state index contributed by atoms with van der Waals surface area (Å²) >= 11 is 0. The number of nitro groups is 1. The van der Waals surface area contributed by atoms with E-state index < -0.39 is 16.9 Å². The fourth-order valence-electron chi connectivity index (χ4n) is 0.975. The van der Waals surface area contributed by atoms with Crippen LogP contribution >= 0.6 is 0 Å². The summed E-state index contributed by atoms with van der Waals surface area (Å²) in [4.78, 5) is 9.84. The van der Waals surface area contributed by atoms with Gasteiger partial charge < -0.3 is 4.74 Å². The summed E-state index contributed by atoms with van der Waals surface area (Å²) in [7, 11) is 0. The molecule has 0 saturated carbocycles. The number of hydrogen-bond acceptors (Lipinski definition) is 4. The van der Waals surface area contributed by atoms with E-state index in [9.17, 15) is 10.1 Å². The van der Waals surface area contributed by atoms with Crippen molar-refractivity contribution < 1.29 is 14.4 Å². The Labute approximate surface area is 64.4 Å². The van der Waals surface area contributed by atoms with Crippen molar-refractivity contribution in [1.82, 2.24) is 0 Å². The zero-order valence-corrected chi connectivity index (χ0v) is 6.57. The molecule has 5 heteroatoms. The maximum atomic E-state index is 10.3. The minimum atomic E-state index is -0.904. The normalized spacial score (nSPS) is 29.8. The van der Waals surface area contributed by atoms with Crippen LogP contribution in [0.25, 0.3) is 0 Å². The Balaban J connectivity index is 2.53. The Morgan fingerprint density at radius 2 is 2.27 bits per heavy atom. The van der Waals surface area contributed by atoms with Crippen LogP contribution in [-0.2, 0) is 9.47 Å². The van der Waals surface area contributed by atoms with Crippen molar-refractivity contribution in [2.24, 2.45) is 0 Å². The van der Waals surface area contributed by atoms with Crippen molar-refractivity contribution in [2.45, 2.75) is 32.3 Å².